The molecule has 3 aromatic rings. The molecule has 5 rings (SSSR count). The van der Waals surface area contributed by atoms with Gasteiger partial charge >= 0.3 is 0 Å². The molecule has 2 aliphatic heterocycles. The number of benzene rings is 3. The number of hydrogen-bond acceptors (Lipinski definition) is 4. The third-order valence-electron chi connectivity index (χ3n) is 5.59. The largest absolute Gasteiger partial charge is 0.275 e. The molecule has 0 bridgehead atoms. The molecule has 2 amide bonds. The first kappa shape index (κ1) is 18.5. The monoisotopic (exact) mass is 402 g/mol. The molecule has 0 aliphatic carbocycles. The second-order valence-electron chi connectivity index (χ2n) is 7.46. The van der Waals surface area contributed by atoms with E-state index in [9.17, 15) is 14.0 Å². The van der Waals surface area contributed by atoms with Crippen molar-refractivity contribution in [2.75, 3.05) is 5.06 Å². The predicted molar refractivity (Wildman–Crippen MR) is 108 cm³/mol. The number of hydrogen-bond donors (Lipinski definition) is 0. The highest BCUT2D eigenvalue weighted by Gasteiger charge is 2.59. The zero-order valence-electron chi connectivity index (χ0n) is 16.0. The third-order valence-corrected chi connectivity index (χ3v) is 5.59. The SMILES string of the molecule is O=C1[C@@H]2[C@H](ON(c3ccccc3)[C@H]2c2cccc(F)c2)C(=O)N1Cc1ccccc1. The lowest BCUT2D eigenvalue weighted by Gasteiger charge is -2.28. The molecule has 0 spiro atoms. The lowest BCUT2D eigenvalue weighted by molar-refractivity contribution is -0.143. The van der Waals surface area contributed by atoms with E-state index in [2.05, 4.69) is 0 Å². The minimum absolute atomic E-state index is 0.191. The Labute approximate surface area is 173 Å². The maximum absolute atomic E-state index is 14.0. The van der Waals surface area contributed by atoms with Crippen LogP contribution in [0.3, 0.4) is 0 Å². The van der Waals surface area contributed by atoms with Crippen molar-refractivity contribution in [1.29, 1.82) is 0 Å². The molecule has 150 valence electrons. The number of carbonyl (C=O) groups is 2. The second kappa shape index (κ2) is 7.39. The molecule has 2 saturated heterocycles. The Kier molecular flexibility index (Phi) is 4.56. The summed E-state index contributed by atoms with van der Waals surface area (Å²) in [6.07, 6.45) is -0.935. The Morgan fingerprint density at radius 3 is 2.23 bits per heavy atom. The summed E-state index contributed by atoms with van der Waals surface area (Å²) < 4.78 is 14.0. The van der Waals surface area contributed by atoms with Crippen LogP contribution in [0.2, 0.25) is 0 Å². The molecule has 3 atom stereocenters. The van der Waals surface area contributed by atoms with Gasteiger partial charge in [0.2, 0.25) is 5.91 Å². The lowest BCUT2D eigenvalue weighted by atomic mass is 9.90. The first-order valence-electron chi connectivity index (χ1n) is 9.79. The summed E-state index contributed by atoms with van der Waals surface area (Å²) in [4.78, 5) is 33.7. The van der Waals surface area contributed by atoms with Gasteiger partial charge in [0.1, 0.15) is 11.7 Å². The number of para-hydroxylation sites is 1. The van der Waals surface area contributed by atoms with Gasteiger partial charge in [-0.05, 0) is 35.4 Å². The van der Waals surface area contributed by atoms with Crippen LogP contribution < -0.4 is 5.06 Å². The van der Waals surface area contributed by atoms with Crippen LogP contribution in [0.15, 0.2) is 84.9 Å². The summed E-state index contributed by atoms with van der Waals surface area (Å²) in [7, 11) is 0. The molecular formula is C24H19FN2O3. The van der Waals surface area contributed by atoms with Crippen LogP contribution in [0.25, 0.3) is 0 Å². The van der Waals surface area contributed by atoms with E-state index in [0.29, 0.717) is 11.3 Å². The highest BCUT2D eigenvalue weighted by Crippen LogP contribution is 2.46. The molecule has 6 heteroatoms. The summed E-state index contributed by atoms with van der Waals surface area (Å²) in [6, 6.07) is 24.1. The molecule has 2 fully saturated rings. The number of likely N-dealkylation sites (tertiary alicyclic amines) is 1. The number of rotatable bonds is 4. The summed E-state index contributed by atoms with van der Waals surface area (Å²) in [6.45, 7) is 0.191. The first-order valence-corrected chi connectivity index (χ1v) is 9.79. The van der Waals surface area contributed by atoms with Gasteiger partial charge in [-0.15, -0.1) is 0 Å². The van der Waals surface area contributed by atoms with Crippen molar-refractivity contribution in [2.24, 2.45) is 5.92 Å². The molecule has 30 heavy (non-hydrogen) atoms. The molecule has 0 unspecified atom stereocenters. The number of anilines is 1. The predicted octanol–water partition coefficient (Wildman–Crippen LogP) is 3.87. The quantitative estimate of drug-likeness (QED) is 0.622. The number of amides is 2. The minimum Gasteiger partial charge on any atom is -0.275 e. The average molecular weight is 402 g/mol. The van der Waals surface area contributed by atoms with Gasteiger partial charge in [-0.2, -0.15) is 0 Å². The van der Waals surface area contributed by atoms with E-state index in [1.54, 1.807) is 17.2 Å². The van der Waals surface area contributed by atoms with Gasteiger partial charge in [-0.3, -0.25) is 19.3 Å². The van der Waals surface area contributed by atoms with E-state index < -0.39 is 23.9 Å². The van der Waals surface area contributed by atoms with Crippen LogP contribution in [-0.2, 0) is 21.0 Å². The van der Waals surface area contributed by atoms with Crippen LogP contribution >= 0.6 is 0 Å². The van der Waals surface area contributed by atoms with Crippen LogP contribution in [0.1, 0.15) is 17.2 Å². The topological polar surface area (TPSA) is 49.9 Å². The second-order valence-corrected chi connectivity index (χ2v) is 7.46. The number of hydroxylamine groups is 1. The fraction of sp³-hybridized carbons (Fsp3) is 0.167. The molecule has 2 aliphatic rings. The first-order chi connectivity index (χ1) is 14.6. The average Bonchev–Trinajstić information content (AvgIpc) is 3.27. The standard InChI is InChI=1S/C24H19FN2O3/c25-18-11-7-10-17(14-18)21-20-22(30-27(21)19-12-5-2-6-13-19)24(29)26(23(20)28)15-16-8-3-1-4-9-16/h1-14,20-22H,15H2/t20-,21-,22-/m0/s1. The Balaban J connectivity index is 1.53. The maximum atomic E-state index is 14.0. The van der Waals surface area contributed by atoms with E-state index in [0.717, 1.165) is 5.56 Å². The van der Waals surface area contributed by atoms with Crippen molar-refractivity contribution in [3.05, 3.63) is 102 Å². The van der Waals surface area contributed by atoms with Crippen LogP contribution in [0, 0.1) is 11.7 Å². The zero-order valence-corrected chi connectivity index (χ0v) is 16.0. The van der Waals surface area contributed by atoms with Crippen LogP contribution in [0.5, 0.6) is 0 Å². The maximum Gasteiger partial charge on any atom is 0.262 e. The smallest absolute Gasteiger partial charge is 0.262 e. The highest BCUT2D eigenvalue weighted by atomic mass is 19.1. The van der Waals surface area contributed by atoms with Crippen molar-refractivity contribution < 1.29 is 18.8 Å². The molecule has 0 N–H and O–H groups in total. The molecule has 0 radical (unpaired) electrons. The Morgan fingerprint density at radius 2 is 1.53 bits per heavy atom. The third kappa shape index (κ3) is 3.06. The molecular weight excluding hydrogens is 383 g/mol. The Morgan fingerprint density at radius 1 is 0.833 bits per heavy atom. The van der Waals surface area contributed by atoms with Crippen molar-refractivity contribution in [3.63, 3.8) is 0 Å². The number of carbonyl (C=O) groups excluding carboxylic acids is 2. The zero-order chi connectivity index (χ0) is 20.7. The number of nitrogens with zero attached hydrogens (tertiary/aromatic N) is 2. The number of fused-ring (bicyclic) bond motifs is 1. The summed E-state index contributed by atoms with van der Waals surface area (Å²) in [5.41, 5.74) is 2.16. The van der Waals surface area contributed by atoms with Crippen molar-refractivity contribution in [3.8, 4) is 0 Å². The van der Waals surface area contributed by atoms with E-state index in [1.807, 2.05) is 60.7 Å². The van der Waals surface area contributed by atoms with E-state index in [-0.39, 0.29) is 18.4 Å². The van der Waals surface area contributed by atoms with Gasteiger partial charge in [-0.1, -0.05) is 60.7 Å². The minimum atomic E-state index is -0.935. The van der Waals surface area contributed by atoms with E-state index in [1.165, 1.54) is 17.0 Å². The molecule has 0 aromatic heterocycles. The summed E-state index contributed by atoms with van der Waals surface area (Å²) in [5.74, 6) is -1.82. The van der Waals surface area contributed by atoms with Gasteiger partial charge in [0, 0.05) is 0 Å². The van der Waals surface area contributed by atoms with Crippen LogP contribution in [-0.4, -0.2) is 22.8 Å². The Hall–Kier alpha value is -3.51. The Bertz CT molecular complexity index is 1090. The van der Waals surface area contributed by atoms with Gasteiger partial charge in [0.15, 0.2) is 6.10 Å². The highest BCUT2D eigenvalue weighted by molar-refractivity contribution is 6.07. The molecule has 0 saturated carbocycles. The van der Waals surface area contributed by atoms with Gasteiger partial charge < -0.3 is 0 Å². The van der Waals surface area contributed by atoms with Gasteiger partial charge in [-0.25, -0.2) is 9.45 Å². The van der Waals surface area contributed by atoms with E-state index >= 15 is 0 Å². The van der Waals surface area contributed by atoms with Gasteiger partial charge in [0.25, 0.3) is 5.91 Å². The normalized spacial score (nSPS) is 23.2. The molecule has 5 nitrogen and oxygen atoms in total. The van der Waals surface area contributed by atoms with Crippen LogP contribution in [0.4, 0.5) is 10.1 Å². The van der Waals surface area contributed by atoms with Crippen molar-refractivity contribution in [2.45, 2.75) is 18.7 Å². The number of imide groups is 1. The number of halogens is 1. The molecule has 3 aromatic carbocycles. The summed E-state index contributed by atoms with van der Waals surface area (Å²) >= 11 is 0. The lowest BCUT2D eigenvalue weighted by Crippen LogP contribution is -2.36. The van der Waals surface area contributed by atoms with E-state index in [4.69, 9.17) is 4.84 Å². The van der Waals surface area contributed by atoms with Gasteiger partial charge in [0.05, 0.1) is 18.3 Å². The molecule has 2 heterocycles. The fourth-order valence-corrected chi connectivity index (χ4v) is 4.22. The van der Waals surface area contributed by atoms with Crippen molar-refractivity contribution >= 4 is 17.5 Å². The summed E-state index contributed by atoms with van der Waals surface area (Å²) in [5, 5.41) is 1.57. The fourth-order valence-electron chi connectivity index (χ4n) is 4.22. The van der Waals surface area contributed by atoms with Crippen molar-refractivity contribution in [1.82, 2.24) is 4.90 Å².